The van der Waals surface area contributed by atoms with Gasteiger partial charge in [-0.3, -0.25) is 9.69 Å². The molecule has 1 fully saturated rings. The first kappa shape index (κ1) is 14.0. The molecule has 0 amide bonds. The Hall–Kier alpha value is -1.45. The molecule has 3 atom stereocenters. The summed E-state index contributed by atoms with van der Waals surface area (Å²) in [6, 6.07) is 10.1. The van der Waals surface area contributed by atoms with Crippen molar-refractivity contribution >= 4 is 5.78 Å². The van der Waals surface area contributed by atoms with Gasteiger partial charge >= 0.3 is 0 Å². The summed E-state index contributed by atoms with van der Waals surface area (Å²) in [5.41, 5.74) is 1.18. The van der Waals surface area contributed by atoms with Crippen molar-refractivity contribution in [3.05, 3.63) is 48.6 Å². The fourth-order valence-corrected chi connectivity index (χ4v) is 2.96. The summed E-state index contributed by atoms with van der Waals surface area (Å²) >= 11 is 0. The molecule has 1 saturated heterocycles. The van der Waals surface area contributed by atoms with Gasteiger partial charge in [-0.1, -0.05) is 36.4 Å². The maximum atomic E-state index is 11.8. The van der Waals surface area contributed by atoms with Gasteiger partial charge in [0.1, 0.15) is 5.78 Å². The zero-order valence-corrected chi connectivity index (χ0v) is 11.3. The van der Waals surface area contributed by atoms with Crippen LogP contribution in [0.5, 0.6) is 0 Å². The van der Waals surface area contributed by atoms with Crippen LogP contribution in [0.2, 0.25) is 0 Å². The summed E-state index contributed by atoms with van der Waals surface area (Å²) in [6.07, 6.45) is 2.57. The Morgan fingerprint density at radius 2 is 2.16 bits per heavy atom. The van der Waals surface area contributed by atoms with Gasteiger partial charge in [-0.25, -0.2) is 0 Å². The molecule has 0 aliphatic carbocycles. The molecule has 0 unspecified atom stereocenters. The molecule has 0 radical (unpaired) electrons. The van der Waals surface area contributed by atoms with Crippen LogP contribution in [0.4, 0.5) is 0 Å². The molecule has 3 heteroatoms. The smallest absolute Gasteiger partial charge is 0.146 e. The quantitative estimate of drug-likeness (QED) is 0.822. The van der Waals surface area contributed by atoms with E-state index in [-0.39, 0.29) is 30.4 Å². The van der Waals surface area contributed by atoms with E-state index < -0.39 is 0 Å². The minimum Gasteiger partial charge on any atom is -0.396 e. The summed E-state index contributed by atoms with van der Waals surface area (Å²) in [6.45, 7) is 6.31. The third-order valence-corrected chi connectivity index (χ3v) is 3.95. The largest absolute Gasteiger partial charge is 0.396 e. The molecule has 19 heavy (non-hydrogen) atoms. The van der Waals surface area contributed by atoms with Crippen molar-refractivity contribution in [3.8, 4) is 0 Å². The molecular weight excluding hydrogens is 238 g/mol. The Morgan fingerprint density at radius 3 is 2.68 bits per heavy atom. The molecule has 3 nitrogen and oxygen atoms in total. The molecule has 0 saturated carbocycles. The molecule has 1 N–H and O–H groups in total. The van der Waals surface area contributed by atoms with Crippen molar-refractivity contribution in [2.45, 2.75) is 32.0 Å². The van der Waals surface area contributed by atoms with Crippen molar-refractivity contribution in [1.29, 1.82) is 0 Å². The average Bonchev–Trinajstić information content (AvgIpc) is 2.77. The minimum atomic E-state index is -0.111. The van der Waals surface area contributed by atoms with Crippen LogP contribution < -0.4 is 0 Å². The van der Waals surface area contributed by atoms with E-state index in [1.54, 1.807) is 6.92 Å². The van der Waals surface area contributed by atoms with Gasteiger partial charge in [-0.05, 0) is 18.9 Å². The molecular formula is C16H21NO2. The van der Waals surface area contributed by atoms with Crippen LogP contribution >= 0.6 is 0 Å². The maximum Gasteiger partial charge on any atom is 0.146 e. The van der Waals surface area contributed by atoms with Gasteiger partial charge in [0, 0.05) is 25.1 Å². The Balaban J connectivity index is 2.22. The monoisotopic (exact) mass is 259 g/mol. The molecule has 102 valence electrons. The Bertz CT molecular complexity index is 441. The van der Waals surface area contributed by atoms with Gasteiger partial charge in [0.15, 0.2) is 0 Å². The van der Waals surface area contributed by atoms with Crippen molar-refractivity contribution < 1.29 is 9.90 Å². The molecule has 2 rings (SSSR count). The summed E-state index contributed by atoms with van der Waals surface area (Å²) in [5.74, 6) is 0.272. The number of hydrogen-bond donors (Lipinski definition) is 1. The van der Waals surface area contributed by atoms with Crippen molar-refractivity contribution in [2.75, 3.05) is 6.61 Å². The highest BCUT2D eigenvalue weighted by molar-refractivity contribution is 5.82. The fraction of sp³-hybridized carbons (Fsp3) is 0.438. The molecule has 1 aliphatic heterocycles. The maximum absolute atomic E-state index is 11.8. The number of nitrogens with zero attached hydrogens (tertiary/aromatic N) is 1. The first-order chi connectivity index (χ1) is 9.17. The number of likely N-dealkylation sites (tertiary alicyclic amines) is 1. The lowest BCUT2D eigenvalue weighted by molar-refractivity contribution is -0.121. The van der Waals surface area contributed by atoms with Crippen LogP contribution in [0.15, 0.2) is 43.0 Å². The van der Waals surface area contributed by atoms with E-state index in [2.05, 4.69) is 23.6 Å². The SMILES string of the molecule is C=C[C@H]1[C@H](CO)C[C@H](C(C)=O)N1Cc1ccccc1. The zero-order chi connectivity index (χ0) is 13.8. The topological polar surface area (TPSA) is 40.5 Å². The second-order valence-electron chi connectivity index (χ2n) is 5.19. The van der Waals surface area contributed by atoms with E-state index in [1.807, 2.05) is 24.3 Å². The lowest BCUT2D eigenvalue weighted by Crippen LogP contribution is -2.39. The average molecular weight is 259 g/mol. The Labute approximate surface area is 114 Å². The van der Waals surface area contributed by atoms with Crippen molar-refractivity contribution in [1.82, 2.24) is 4.90 Å². The summed E-state index contributed by atoms with van der Waals surface area (Å²) in [5, 5.41) is 9.47. The third-order valence-electron chi connectivity index (χ3n) is 3.95. The normalized spacial score (nSPS) is 27.4. The molecule has 1 aromatic rings. The number of carbonyl (C=O) groups is 1. The minimum absolute atomic E-state index is 0.0686. The molecule has 0 aromatic heterocycles. The molecule has 0 bridgehead atoms. The first-order valence-corrected chi connectivity index (χ1v) is 6.71. The number of aliphatic hydroxyl groups excluding tert-OH is 1. The Morgan fingerprint density at radius 1 is 1.47 bits per heavy atom. The van der Waals surface area contributed by atoms with E-state index in [0.717, 1.165) is 13.0 Å². The van der Waals surface area contributed by atoms with E-state index >= 15 is 0 Å². The first-order valence-electron chi connectivity index (χ1n) is 6.71. The van der Waals surface area contributed by atoms with Crippen LogP contribution in [0.3, 0.4) is 0 Å². The third kappa shape index (κ3) is 2.94. The summed E-state index contributed by atoms with van der Waals surface area (Å²) < 4.78 is 0. The van der Waals surface area contributed by atoms with Crippen molar-refractivity contribution in [2.24, 2.45) is 5.92 Å². The molecule has 1 heterocycles. The number of benzene rings is 1. The van der Waals surface area contributed by atoms with Gasteiger partial charge in [0.2, 0.25) is 0 Å². The molecule has 1 aliphatic rings. The number of ketones is 1. The standard InChI is InChI=1S/C16H21NO2/c1-3-15-14(11-18)9-16(12(2)19)17(15)10-13-7-5-4-6-8-13/h3-8,14-16,18H,1,9-11H2,2H3/t14-,15-,16+/m0/s1. The van der Waals surface area contributed by atoms with E-state index in [9.17, 15) is 9.90 Å². The van der Waals surface area contributed by atoms with Crippen LogP contribution in [-0.2, 0) is 11.3 Å². The lowest BCUT2D eigenvalue weighted by atomic mass is 9.99. The number of rotatable bonds is 5. The highest BCUT2D eigenvalue weighted by Crippen LogP contribution is 2.32. The zero-order valence-electron chi connectivity index (χ0n) is 11.3. The second kappa shape index (κ2) is 6.13. The fourth-order valence-electron chi connectivity index (χ4n) is 2.96. The van der Waals surface area contributed by atoms with Crippen LogP contribution in [0, 0.1) is 5.92 Å². The number of hydrogen-bond acceptors (Lipinski definition) is 3. The van der Waals surface area contributed by atoms with Crippen molar-refractivity contribution in [3.63, 3.8) is 0 Å². The van der Waals surface area contributed by atoms with E-state index in [4.69, 9.17) is 0 Å². The predicted octanol–water partition coefficient (Wildman–Crippen LogP) is 2.01. The second-order valence-corrected chi connectivity index (χ2v) is 5.19. The number of carbonyl (C=O) groups excluding carboxylic acids is 1. The van der Waals surface area contributed by atoms with Gasteiger partial charge in [-0.2, -0.15) is 0 Å². The predicted molar refractivity (Wildman–Crippen MR) is 75.6 cm³/mol. The van der Waals surface area contributed by atoms with E-state index in [1.165, 1.54) is 5.56 Å². The van der Waals surface area contributed by atoms with Gasteiger partial charge in [0.05, 0.1) is 6.04 Å². The number of aliphatic hydroxyl groups is 1. The number of Topliss-reactive ketones (excluding diaryl/α,β-unsaturated/α-hetero) is 1. The van der Waals surface area contributed by atoms with Crippen LogP contribution in [0.25, 0.3) is 0 Å². The van der Waals surface area contributed by atoms with Gasteiger partial charge in [0.25, 0.3) is 0 Å². The van der Waals surface area contributed by atoms with Crippen LogP contribution in [0.1, 0.15) is 18.9 Å². The van der Waals surface area contributed by atoms with Gasteiger partial charge in [-0.15, -0.1) is 6.58 Å². The molecule has 1 aromatic carbocycles. The summed E-state index contributed by atoms with van der Waals surface area (Å²) in [7, 11) is 0. The summed E-state index contributed by atoms with van der Waals surface area (Å²) in [4.78, 5) is 14.0. The molecule has 0 spiro atoms. The lowest BCUT2D eigenvalue weighted by Gasteiger charge is -2.28. The highest BCUT2D eigenvalue weighted by Gasteiger charge is 2.40. The van der Waals surface area contributed by atoms with Crippen LogP contribution in [-0.4, -0.2) is 34.5 Å². The Kier molecular flexibility index (Phi) is 4.51. The highest BCUT2D eigenvalue weighted by atomic mass is 16.3. The van der Waals surface area contributed by atoms with Gasteiger partial charge < -0.3 is 5.11 Å². The van der Waals surface area contributed by atoms with E-state index in [0.29, 0.717) is 0 Å².